The summed E-state index contributed by atoms with van der Waals surface area (Å²) >= 11 is 0. The van der Waals surface area contributed by atoms with Crippen molar-refractivity contribution >= 4 is 18.0 Å². The van der Waals surface area contributed by atoms with Crippen LogP contribution in [0.2, 0.25) is 0 Å². The smallest absolute Gasteiger partial charge is 0.408 e. The summed E-state index contributed by atoms with van der Waals surface area (Å²) in [7, 11) is 0. The molecule has 0 saturated heterocycles. The lowest BCUT2D eigenvalue weighted by molar-refractivity contribution is -0.146. The molecule has 0 radical (unpaired) electrons. The summed E-state index contributed by atoms with van der Waals surface area (Å²) in [6.45, 7) is 5.87. The van der Waals surface area contributed by atoms with E-state index >= 15 is 0 Å². The largest absolute Gasteiger partial charge is 0.464 e. The molecule has 1 rings (SSSR count). The van der Waals surface area contributed by atoms with Crippen LogP contribution in [0.4, 0.5) is 4.79 Å². The van der Waals surface area contributed by atoms with Crippen LogP contribution in [-0.2, 0) is 30.4 Å². The molecule has 0 spiro atoms. The number of unbranched alkanes of at least 4 members (excludes halogenated alkanes) is 1. The molecular weight excluding hydrogens is 362 g/mol. The molecule has 0 bridgehead atoms. The third-order valence-corrected chi connectivity index (χ3v) is 3.84. The maximum atomic E-state index is 12.4. The van der Waals surface area contributed by atoms with E-state index < -0.39 is 24.1 Å². The summed E-state index contributed by atoms with van der Waals surface area (Å²) in [6, 6.07) is 8.13. The van der Waals surface area contributed by atoms with Crippen molar-refractivity contribution in [1.29, 1.82) is 0 Å². The number of benzene rings is 1. The monoisotopic (exact) mass is 391 g/mol. The number of hydrogen-bond donors (Lipinski definition) is 1. The molecule has 0 unspecified atom stereocenters. The van der Waals surface area contributed by atoms with Crippen LogP contribution in [0, 0.1) is 0 Å². The Hall–Kier alpha value is -2.83. The highest BCUT2D eigenvalue weighted by Crippen LogP contribution is 2.11. The van der Waals surface area contributed by atoms with Gasteiger partial charge in [0.05, 0.1) is 13.2 Å². The predicted molar refractivity (Wildman–Crippen MR) is 104 cm³/mol. The Morgan fingerprint density at radius 2 is 1.79 bits per heavy atom. The van der Waals surface area contributed by atoms with Gasteiger partial charge in [0.15, 0.2) is 0 Å². The second-order valence-corrected chi connectivity index (χ2v) is 6.02. The molecule has 0 aliphatic carbocycles. The molecule has 1 atom stereocenters. The lowest BCUT2D eigenvalue weighted by Crippen LogP contribution is -2.43. The van der Waals surface area contributed by atoms with Gasteiger partial charge in [0.2, 0.25) is 0 Å². The highest BCUT2D eigenvalue weighted by Gasteiger charge is 2.26. The average molecular weight is 391 g/mol. The van der Waals surface area contributed by atoms with Crippen molar-refractivity contribution in [2.45, 2.75) is 52.7 Å². The molecule has 28 heavy (non-hydrogen) atoms. The van der Waals surface area contributed by atoms with Gasteiger partial charge in [-0.15, -0.1) is 0 Å². The van der Waals surface area contributed by atoms with Crippen molar-refractivity contribution in [2.24, 2.45) is 0 Å². The van der Waals surface area contributed by atoms with Crippen LogP contribution in [-0.4, -0.2) is 37.3 Å². The van der Waals surface area contributed by atoms with Gasteiger partial charge in [-0.05, 0) is 25.8 Å². The van der Waals surface area contributed by atoms with E-state index in [0.29, 0.717) is 6.42 Å². The first kappa shape index (κ1) is 23.2. The van der Waals surface area contributed by atoms with E-state index in [2.05, 4.69) is 5.32 Å². The van der Waals surface area contributed by atoms with Gasteiger partial charge >= 0.3 is 18.0 Å². The van der Waals surface area contributed by atoms with E-state index in [0.717, 1.165) is 12.0 Å². The molecule has 7 heteroatoms. The number of nitrogens with one attached hydrogen (secondary N) is 1. The number of carbonyl (C=O) groups is 3. The SMILES string of the molecule is C/C=C(\C[C@H](NC(=O)OCc1ccccc1)C(=O)OCCCC)C(=O)OCC. The maximum Gasteiger partial charge on any atom is 0.408 e. The number of hydrogen-bond acceptors (Lipinski definition) is 6. The third-order valence-electron chi connectivity index (χ3n) is 3.84. The van der Waals surface area contributed by atoms with Crippen molar-refractivity contribution in [3.05, 3.63) is 47.5 Å². The van der Waals surface area contributed by atoms with E-state index in [1.807, 2.05) is 37.3 Å². The summed E-state index contributed by atoms with van der Waals surface area (Å²) in [6.07, 6.45) is 2.33. The molecule has 1 aromatic rings. The van der Waals surface area contributed by atoms with Gasteiger partial charge in [-0.25, -0.2) is 14.4 Å². The fourth-order valence-corrected chi connectivity index (χ4v) is 2.28. The lowest BCUT2D eigenvalue weighted by Gasteiger charge is -2.18. The highest BCUT2D eigenvalue weighted by atomic mass is 16.6. The first-order valence-corrected chi connectivity index (χ1v) is 9.47. The molecule has 1 amide bonds. The number of alkyl carbamates (subject to hydrolysis) is 1. The second-order valence-electron chi connectivity index (χ2n) is 6.02. The standard InChI is InChI=1S/C21H29NO6/c1-4-7-13-27-20(24)18(14-17(5-2)19(23)26-6-3)22-21(25)28-15-16-11-9-8-10-12-16/h5,8-12,18H,4,6-7,13-15H2,1-3H3,(H,22,25)/b17-5+/t18-/m0/s1. The van der Waals surface area contributed by atoms with Crippen LogP contribution in [0.25, 0.3) is 0 Å². The Kier molecular flexibility index (Phi) is 11.1. The Morgan fingerprint density at radius 1 is 1.07 bits per heavy atom. The first-order chi connectivity index (χ1) is 13.5. The average Bonchev–Trinajstić information content (AvgIpc) is 2.70. The summed E-state index contributed by atoms with van der Waals surface area (Å²) in [5, 5.41) is 2.49. The Balaban J connectivity index is 2.74. The van der Waals surface area contributed by atoms with E-state index in [9.17, 15) is 14.4 Å². The molecule has 0 aliphatic heterocycles. The van der Waals surface area contributed by atoms with E-state index in [1.54, 1.807) is 19.9 Å². The molecule has 0 fully saturated rings. The molecule has 7 nitrogen and oxygen atoms in total. The Bertz CT molecular complexity index is 656. The molecule has 0 saturated carbocycles. The van der Waals surface area contributed by atoms with Crippen LogP contribution in [0.15, 0.2) is 42.0 Å². The minimum Gasteiger partial charge on any atom is -0.464 e. The molecule has 154 valence electrons. The van der Waals surface area contributed by atoms with Crippen LogP contribution >= 0.6 is 0 Å². The summed E-state index contributed by atoms with van der Waals surface area (Å²) in [5.74, 6) is -1.15. The molecule has 1 N–H and O–H groups in total. The lowest BCUT2D eigenvalue weighted by atomic mass is 10.1. The number of ether oxygens (including phenoxy) is 3. The minimum atomic E-state index is -1.05. The van der Waals surface area contributed by atoms with Crippen molar-refractivity contribution in [2.75, 3.05) is 13.2 Å². The zero-order chi connectivity index (χ0) is 20.8. The molecule has 1 aromatic carbocycles. The van der Waals surface area contributed by atoms with Gasteiger partial charge in [0.25, 0.3) is 0 Å². The van der Waals surface area contributed by atoms with Crippen molar-refractivity contribution in [3.8, 4) is 0 Å². The van der Waals surface area contributed by atoms with Crippen molar-refractivity contribution < 1.29 is 28.6 Å². The third kappa shape index (κ3) is 8.70. The normalized spacial score (nSPS) is 12.0. The summed E-state index contributed by atoms with van der Waals surface area (Å²) < 4.78 is 15.3. The minimum absolute atomic E-state index is 0.0409. The molecule has 0 aliphatic rings. The van der Waals surface area contributed by atoms with E-state index in [4.69, 9.17) is 14.2 Å². The van der Waals surface area contributed by atoms with Gasteiger partial charge < -0.3 is 19.5 Å². The van der Waals surface area contributed by atoms with Gasteiger partial charge in [-0.1, -0.05) is 49.8 Å². The van der Waals surface area contributed by atoms with E-state index in [-0.39, 0.29) is 31.8 Å². The van der Waals surface area contributed by atoms with Crippen LogP contribution in [0.3, 0.4) is 0 Å². The fraction of sp³-hybridized carbons (Fsp3) is 0.476. The number of carbonyl (C=O) groups excluding carboxylic acids is 3. The first-order valence-electron chi connectivity index (χ1n) is 9.47. The number of amides is 1. The van der Waals surface area contributed by atoms with Gasteiger partial charge in [-0.2, -0.15) is 0 Å². The Morgan fingerprint density at radius 3 is 2.39 bits per heavy atom. The molecule has 0 aromatic heterocycles. The van der Waals surface area contributed by atoms with Crippen LogP contribution in [0.1, 0.15) is 45.6 Å². The predicted octanol–water partition coefficient (Wildman–Crippen LogP) is 3.52. The Labute approximate surface area is 166 Å². The second kappa shape index (κ2) is 13.4. The number of rotatable bonds is 11. The maximum absolute atomic E-state index is 12.4. The number of esters is 2. The topological polar surface area (TPSA) is 90.9 Å². The van der Waals surface area contributed by atoms with E-state index in [1.165, 1.54) is 0 Å². The quantitative estimate of drug-likeness (QED) is 0.269. The molecule has 0 heterocycles. The van der Waals surface area contributed by atoms with Gasteiger partial charge in [0.1, 0.15) is 12.6 Å². The number of allylic oxidation sites excluding steroid dienone is 1. The van der Waals surface area contributed by atoms with Crippen molar-refractivity contribution in [3.63, 3.8) is 0 Å². The molecular formula is C21H29NO6. The van der Waals surface area contributed by atoms with Crippen molar-refractivity contribution in [1.82, 2.24) is 5.32 Å². The van der Waals surface area contributed by atoms with Crippen LogP contribution < -0.4 is 5.32 Å². The zero-order valence-corrected chi connectivity index (χ0v) is 16.7. The van der Waals surface area contributed by atoms with Gasteiger partial charge in [-0.3, -0.25) is 0 Å². The zero-order valence-electron chi connectivity index (χ0n) is 16.7. The summed E-state index contributed by atoms with van der Waals surface area (Å²) in [4.78, 5) is 36.5. The fourth-order valence-electron chi connectivity index (χ4n) is 2.28. The summed E-state index contributed by atoms with van der Waals surface area (Å²) in [5.41, 5.74) is 1.10. The van der Waals surface area contributed by atoms with Crippen LogP contribution in [0.5, 0.6) is 0 Å². The van der Waals surface area contributed by atoms with Gasteiger partial charge in [0, 0.05) is 12.0 Å². The highest BCUT2D eigenvalue weighted by molar-refractivity contribution is 5.90.